The van der Waals surface area contributed by atoms with Gasteiger partial charge < -0.3 is 14.2 Å². The van der Waals surface area contributed by atoms with Crippen LogP contribution in [0, 0.1) is 0 Å². The van der Waals surface area contributed by atoms with E-state index in [2.05, 4.69) is 64.8 Å². The molecule has 0 atom stereocenters. The molecule has 5 heteroatoms. The van der Waals surface area contributed by atoms with Crippen molar-refractivity contribution in [1.82, 2.24) is 0 Å². The number of aryl methyl sites for hydroxylation is 1. The van der Waals surface area contributed by atoms with Gasteiger partial charge in [-0.2, -0.15) is 0 Å². The van der Waals surface area contributed by atoms with Crippen molar-refractivity contribution in [2.45, 2.75) is 46.5 Å². The molecule has 0 aliphatic carbocycles. The first-order chi connectivity index (χ1) is 13.4. The van der Waals surface area contributed by atoms with Crippen LogP contribution in [-0.4, -0.2) is 13.2 Å². The molecule has 3 nitrogen and oxygen atoms in total. The van der Waals surface area contributed by atoms with Crippen molar-refractivity contribution in [2.75, 3.05) is 13.2 Å². The standard InChI is InChI=1S/C23H28Br2O3/c1-5-7-17-14-22(28-19-10-8-18(9-11-19)26-6-2)20(16(3)4)15-21(17)27-13-12-23(24)25/h8-12,14-16H,5-7,13H2,1-4H3. The minimum absolute atomic E-state index is 0.314. The molecule has 0 heterocycles. The van der Waals surface area contributed by atoms with Gasteiger partial charge in [-0.25, -0.2) is 0 Å². The lowest BCUT2D eigenvalue weighted by Gasteiger charge is -2.19. The van der Waals surface area contributed by atoms with Crippen molar-refractivity contribution in [3.8, 4) is 23.0 Å². The first-order valence-electron chi connectivity index (χ1n) is 9.66. The Labute approximate surface area is 185 Å². The van der Waals surface area contributed by atoms with Crippen molar-refractivity contribution in [2.24, 2.45) is 0 Å². The number of hydrogen-bond acceptors (Lipinski definition) is 3. The van der Waals surface area contributed by atoms with E-state index in [1.165, 1.54) is 0 Å². The molecular formula is C23H28Br2O3. The fourth-order valence-electron chi connectivity index (χ4n) is 2.85. The number of hydrogen-bond donors (Lipinski definition) is 0. The maximum atomic E-state index is 6.25. The molecule has 0 saturated heterocycles. The lowest BCUT2D eigenvalue weighted by Crippen LogP contribution is -2.02. The average molecular weight is 512 g/mol. The Morgan fingerprint density at radius 1 is 0.964 bits per heavy atom. The van der Waals surface area contributed by atoms with Crippen molar-refractivity contribution in [3.63, 3.8) is 0 Å². The first-order valence-corrected chi connectivity index (χ1v) is 11.2. The predicted octanol–water partition coefficient (Wildman–Crippen LogP) is 7.96. The highest BCUT2D eigenvalue weighted by Gasteiger charge is 2.15. The smallest absolute Gasteiger partial charge is 0.131 e. The quantitative estimate of drug-likeness (QED) is 0.323. The van der Waals surface area contributed by atoms with Crippen LogP contribution in [0.15, 0.2) is 45.9 Å². The van der Waals surface area contributed by atoms with Crippen LogP contribution in [0.3, 0.4) is 0 Å². The van der Waals surface area contributed by atoms with Gasteiger partial charge in [0.1, 0.15) is 29.6 Å². The third kappa shape index (κ3) is 6.85. The Morgan fingerprint density at radius 3 is 2.21 bits per heavy atom. The third-order valence-corrected chi connectivity index (χ3v) is 4.82. The summed E-state index contributed by atoms with van der Waals surface area (Å²) in [6.07, 6.45) is 3.92. The molecule has 0 fully saturated rings. The van der Waals surface area contributed by atoms with Gasteiger partial charge in [-0.05, 0) is 99.2 Å². The Bertz CT molecular complexity index is 779. The van der Waals surface area contributed by atoms with E-state index in [0.717, 1.165) is 50.4 Å². The highest BCUT2D eigenvalue weighted by atomic mass is 79.9. The SMILES string of the molecule is CCCc1cc(Oc2ccc(OCC)cc2)c(C(C)C)cc1OCC=C(Br)Br. The monoisotopic (exact) mass is 510 g/mol. The molecule has 0 unspecified atom stereocenters. The van der Waals surface area contributed by atoms with Crippen LogP contribution < -0.4 is 14.2 Å². The van der Waals surface area contributed by atoms with Crippen LogP contribution >= 0.6 is 31.9 Å². The van der Waals surface area contributed by atoms with E-state index in [1.54, 1.807) is 0 Å². The molecule has 0 aliphatic rings. The van der Waals surface area contributed by atoms with Crippen molar-refractivity contribution >= 4 is 31.9 Å². The molecule has 2 rings (SSSR count). The molecular weight excluding hydrogens is 484 g/mol. The summed E-state index contributed by atoms with van der Waals surface area (Å²) in [7, 11) is 0. The van der Waals surface area contributed by atoms with E-state index in [9.17, 15) is 0 Å². The molecule has 2 aromatic rings. The fourth-order valence-corrected chi connectivity index (χ4v) is 3.11. The number of rotatable bonds is 10. The van der Waals surface area contributed by atoms with Gasteiger partial charge in [-0.3, -0.25) is 0 Å². The van der Waals surface area contributed by atoms with Gasteiger partial charge in [-0.1, -0.05) is 27.2 Å². The second-order valence-electron chi connectivity index (χ2n) is 6.71. The Morgan fingerprint density at radius 2 is 1.64 bits per heavy atom. The van der Waals surface area contributed by atoms with E-state index in [0.29, 0.717) is 19.1 Å². The summed E-state index contributed by atoms with van der Waals surface area (Å²) in [5, 5.41) is 0. The van der Waals surface area contributed by atoms with E-state index < -0.39 is 0 Å². The Kier molecular flexibility index (Phi) is 9.39. The van der Waals surface area contributed by atoms with Crippen molar-refractivity contribution in [1.29, 1.82) is 0 Å². The Hall–Kier alpha value is -1.46. The minimum atomic E-state index is 0.314. The minimum Gasteiger partial charge on any atom is -0.494 e. The molecule has 0 bridgehead atoms. The van der Waals surface area contributed by atoms with E-state index in [-0.39, 0.29) is 0 Å². The van der Waals surface area contributed by atoms with Gasteiger partial charge >= 0.3 is 0 Å². The molecule has 0 amide bonds. The number of ether oxygens (including phenoxy) is 3. The fraction of sp³-hybridized carbons (Fsp3) is 0.391. The molecule has 152 valence electrons. The van der Waals surface area contributed by atoms with Gasteiger partial charge in [0, 0.05) is 5.56 Å². The summed E-state index contributed by atoms with van der Waals surface area (Å²) < 4.78 is 18.7. The first kappa shape index (κ1) is 22.8. The summed E-state index contributed by atoms with van der Waals surface area (Å²) in [6, 6.07) is 12.0. The average Bonchev–Trinajstić information content (AvgIpc) is 2.65. The molecule has 28 heavy (non-hydrogen) atoms. The summed E-state index contributed by atoms with van der Waals surface area (Å²) in [5.41, 5.74) is 2.29. The molecule has 2 aromatic carbocycles. The van der Waals surface area contributed by atoms with Crippen LogP contribution in [0.5, 0.6) is 23.0 Å². The summed E-state index contributed by atoms with van der Waals surface area (Å²) >= 11 is 6.73. The summed E-state index contributed by atoms with van der Waals surface area (Å²) in [4.78, 5) is 0. The lowest BCUT2D eigenvalue weighted by atomic mass is 9.97. The van der Waals surface area contributed by atoms with E-state index in [1.807, 2.05) is 37.3 Å². The van der Waals surface area contributed by atoms with Gasteiger partial charge in [0.2, 0.25) is 0 Å². The molecule has 0 saturated carbocycles. The molecule has 0 spiro atoms. The second kappa shape index (κ2) is 11.5. The van der Waals surface area contributed by atoms with Crippen molar-refractivity contribution < 1.29 is 14.2 Å². The van der Waals surface area contributed by atoms with Crippen molar-refractivity contribution in [3.05, 3.63) is 57.0 Å². The molecule has 0 aromatic heterocycles. The van der Waals surface area contributed by atoms with E-state index in [4.69, 9.17) is 14.2 Å². The van der Waals surface area contributed by atoms with E-state index >= 15 is 0 Å². The van der Waals surface area contributed by atoms with Gasteiger partial charge in [0.15, 0.2) is 0 Å². The zero-order valence-corrected chi connectivity index (χ0v) is 20.1. The van der Waals surface area contributed by atoms with Gasteiger partial charge in [-0.15, -0.1) is 0 Å². The third-order valence-electron chi connectivity index (χ3n) is 4.17. The number of halogens is 2. The zero-order chi connectivity index (χ0) is 20.5. The maximum absolute atomic E-state index is 6.25. The predicted molar refractivity (Wildman–Crippen MR) is 124 cm³/mol. The van der Waals surface area contributed by atoms with Crippen LogP contribution in [0.2, 0.25) is 0 Å². The Balaban J connectivity index is 2.33. The van der Waals surface area contributed by atoms with Crippen LogP contribution in [0.4, 0.5) is 0 Å². The van der Waals surface area contributed by atoms with Crippen LogP contribution in [0.25, 0.3) is 0 Å². The van der Waals surface area contributed by atoms with Crippen LogP contribution in [-0.2, 0) is 6.42 Å². The highest BCUT2D eigenvalue weighted by Crippen LogP contribution is 2.37. The number of benzene rings is 2. The normalized spacial score (nSPS) is 10.7. The largest absolute Gasteiger partial charge is 0.494 e. The maximum Gasteiger partial charge on any atom is 0.131 e. The molecule has 0 aliphatic heterocycles. The highest BCUT2D eigenvalue weighted by molar-refractivity contribution is 9.28. The topological polar surface area (TPSA) is 27.7 Å². The second-order valence-corrected chi connectivity index (χ2v) is 9.49. The zero-order valence-electron chi connectivity index (χ0n) is 16.9. The molecule has 0 radical (unpaired) electrons. The van der Waals surface area contributed by atoms with Crippen LogP contribution in [0.1, 0.15) is 51.2 Å². The summed E-state index contributed by atoms with van der Waals surface area (Å²) in [6.45, 7) is 9.63. The van der Waals surface area contributed by atoms with Gasteiger partial charge in [0.05, 0.1) is 10.00 Å². The summed E-state index contributed by atoms with van der Waals surface area (Å²) in [5.74, 6) is 3.76. The lowest BCUT2D eigenvalue weighted by molar-refractivity contribution is 0.339. The molecule has 0 N–H and O–H groups in total. The van der Waals surface area contributed by atoms with Gasteiger partial charge in [0.25, 0.3) is 0 Å².